The van der Waals surface area contributed by atoms with Gasteiger partial charge in [0.25, 0.3) is 5.91 Å². The Balaban J connectivity index is 1.61. The molecule has 1 aromatic heterocycles. The Morgan fingerprint density at radius 2 is 1.71 bits per heavy atom. The Hall–Kier alpha value is -3.03. The molecule has 0 radical (unpaired) electrons. The number of carbonyl (C=O) groups excluding carboxylic acids is 2. The number of rotatable bonds is 5. The zero-order valence-electron chi connectivity index (χ0n) is 17.1. The number of fused-ring (bicyclic) bond motifs is 1. The first-order chi connectivity index (χ1) is 14.9. The molecule has 1 aliphatic rings. The topological polar surface area (TPSA) is 81.9 Å². The van der Waals surface area contributed by atoms with Gasteiger partial charge in [0.2, 0.25) is 0 Å². The van der Waals surface area contributed by atoms with Crippen LogP contribution in [0.25, 0.3) is 0 Å². The predicted octanol–water partition coefficient (Wildman–Crippen LogP) is 4.43. The van der Waals surface area contributed by atoms with E-state index in [9.17, 15) is 9.59 Å². The van der Waals surface area contributed by atoms with Crippen molar-refractivity contribution in [3.8, 4) is 11.5 Å². The molecule has 160 valence electrons. The third-order valence-electron chi connectivity index (χ3n) is 5.34. The molecule has 0 fully saturated rings. The molecule has 0 bridgehead atoms. The van der Waals surface area contributed by atoms with Gasteiger partial charge in [0.05, 0.1) is 31.3 Å². The van der Waals surface area contributed by atoms with Gasteiger partial charge in [0.1, 0.15) is 0 Å². The normalized spacial score (nSPS) is 12.9. The molecule has 2 aromatic carbocycles. The SMILES string of the molecule is COc1ccc(C(=O)c2c(N)sc3c2CCN(C(=O)c2ccc(Cl)cc2)C3)cc1OC. The number of benzene rings is 2. The summed E-state index contributed by atoms with van der Waals surface area (Å²) in [5.41, 5.74) is 8.76. The fourth-order valence-electron chi connectivity index (χ4n) is 3.74. The van der Waals surface area contributed by atoms with Crippen LogP contribution in [0.3, 0.4) is 0 Å². The van der Waals surface area contributed by atoms with Crippen LogP contribution < -0.4 is 15.2 Å². The first-order valence-electron chi connectivity index (χ1n) is 9.64. The summed E-state index contributed by atoms with van der Waals surface area (Å²) in [7, 11) is 3.07. The average molecular weight is 457 g/mol. The van der Waals surface area contributed by atoms with Gasteiger partial charge >= 0.3 is 0 Å². The van der Waals surface area contributed by atoms with E-state index in [1.165, 1.54) is 18.4 Å². The third-order valence-corrected chi connectivity index (χ3v) is 6.63. The quantitative estimate of drug-likeness (QED) is 0.574. The molecule has 0 saturated carbocycles. The molecule has 4 rings (SSSR count). The van der Waals surface area contributed by atoms with Gasteiger partial charge < -0.3 is 20.1 Å². The maximum absolute atomic E-state index is 13.3. The van der Waals surface area contributed by atoms with Crippen molar-refractivity contribution in [1.82, 2.24) is 4.90 Å². The van der Waals surface area contributed by atoms with Gasteiger partial charge in [-0.25, -0.2) is 0 Å². The van der Waals surface area contributed by atoms with Crippen LogP contribution in [0, 0.1) is 0 Å². The molecule has 2 N–H and O–H groups in total. The molecule has 0 atom stereocenters. The molecule has 2 heterocycles. The van der Waals surface area contributed by atoms with E-state index in [0.29, 0.717) is 57.7 Å². The van der Waals surface area contributed by atoms with Crippen LogP contribution in [-0.4, -0.2) is 37.4 Å². The third kappa shape index (κ3) is 3.98. The largest absolute Gasteiger partial charge is 0.493 e. The van der Waals surface area contributed by atoms with Crippen molar-refractivity contribution in [1.29, 1.82) is 0 Å². The Morgan fingerprint density at radius 3 is 2.39 bits per heavy atom. The Morgan fingerprint density at radius 1 is 1.03 bits per heavy atom. The Kier molecular flexibility index (Phi) is 5.89. The zero-order valence-corrected chi connectivity index (χ0v) is 18.7. The molecular weight excluding hydrogens is 436 g/mol. The fourth-order valence-corrected chi connectivity index (χ4v) is 5.00. The summed E-state index contributed by atoms with van der Waals surface area (Å²) in [6.07, 6.45) is 0.566. The highest BCUT2D eigenvalue weighted by atomic mass is 35.5. The maximum atomic E-state index is 13.3. The fraction of sp³-hybridized carbons (Fsp3) is 0.217. The number of methoxy groups -OCH3 is 2. The highest BCUT2D eigenvalue weighted by Gasteiger charge is 2.30. The molecule has 1 aliphatic heterocycles. The predicted molar refractivity (Wildman–Crippen MR) is 122 cm³/mol. The number of hydrogen-bond donors (Lipinski definition) is 1. The number of nitrogen functional groups attached to an aromatic ring is 1. The molecule has 0 spiro atoms. The van der Waals surface area contributed by atoms with Crippen molar-refractivity contribution < 1.29 is 19.1 Å². The molecule has 1 amide bonds. The minimum absolute atomic E-state index is 0.0675. The van der Waals surface area contributed by atoms with E-state index in [4.69, 9.17) is 26.8 Å². The lowest BCUT2D eigenvalue weighted by atomic mass is 9.96. The summed E-state index contributed by atoms with van der Waals surface area (Å²) in [5, 5.41) is 1.05. The van der Waals surface area contributed by atoms with Crippen molar-refractivity contribution in [2.75, 3.05) is 26.5 Å². The smallest absolute Gasteiger partial charge is 0.254 e. The molecule has 0 unspecified atom stereocenters. The number of carbonyl (C=O) groups is 2. The van der Waals surface area contributed by atoms with Crippen molar-refractivity contribution >= 4 is 39.6 Å². The van der Waals surface area contributed by atoms with E-state index in [1.54, 1.807) is 54.5 Å². The van der Waals surface area contributed by atoms with Gasteiger partial charge in [-0.15, -0.1) is 11.3 Å². The second-order valence-corrected chi connectivity index (χ2v) is 8.70. The van der Waals surface area contributed by atoms with Crippen LogP contribution in [0.4, 0.5) is 5.00 Å². The summed E-state index contributed by atoms with van der Waals surface area (Å²) >= 11 is 7.28. The molecular formula is C23H21ClN2O4S. The summed E-state index contributed by atoms with van der Waals surface area (Å²) in [6, 6.07) is 11.9. The number of ketones is 1. The molecule has 8 heteroatoms. The molecule has 0 aliphatic carbocycles. The van der Waals surface area contributed by atoms with Crippen molar-refractivity contribution in [2.45, 2.75) is 13.0 Å². The number of halogens is 1. The second-order valence-electron chi connectivity index (χ2n) is 7.13. The molecule has 31 heavy (non-hydrogen) atoms. The van der Waals surface area contributed by atoms with Crippen molar-refractivity contribution in [3.63, 3.8) is 0 Å². The van der Waals surface area contributed by atoms with Crippen molar-refractivity contribution in [2.24, 2.45) is 0 Å². The van der Waals surface area contributed by atoms with Gasteiger partial charge in [-0.3, -0.25) is 9.59 Å². The highest BCUT2D eigenvalue weighted by molar-refractivity contribution is 7.16. The standard InChI is InChI=1S/C23H21ClN2O4S/c1-29-17-8-5-14(11-18(17)30-2)21(27)20-16-9-10-26(12-19(16)31-22(20)25)23(28)13-3-6-15(24)7-4-13/h3-8,11H,9-10,12,25H2,1-2H3. The average Bonchev–Trinajstić information content (AvgIpc) is 3.12. The minimum atomic E-state index is -0.159. The Bertz CT molecular complexity index is 1160. The van der Waals surface area contributed by atoms with Gasteiger partial charge in [-0.2, -0.15) is 0 Å². The zero-order chi connectivity index (χ0) is 22.1. The number of hydrogen-bond acceptors (Lipinski definition) is 6. The highest BCUT2D eigenvalue weighted by Crippen LogP contribution is 2.38. The first-order valence-corrected chi connectivity index (χ1v) is 10.8. The summed E-state index contributed by atoms with van der Waals surface area (Å²) < 4.78 is 10.6. The van der Waals surface area contributed by atoms with Gasteiger partial charge in [0.15, 0.2) is 17.3 Å². The van der Waals surface area contributed by atoms with Gasteiger partial charge in [-0.1, -0.05) is 11.6 Å². The Labute approximate surface area is 189 Å². The lowest BCUT2D eigenvalue weighted by molar-refractivity contribution is 0.0737. The lowest BCUT2D eigenvalue weighted by Gasteiger charge is -2.27. The van der Waals surface area contributed by atoms with Crippen LogP contribution in [-0.2, 0) is 13.0 Å². The van der Waals surface area contributed by atoms with Crippen LogP contribution in [0.5, 0.6) is 11.5 Å². The molecule has 0 saturated heterocycles. The molecule has 3 aromatic rings. The van der Waals surface area contributed by atoms with E-state index in [1.807, 2.05) is 0 Å². The lowest BCUT2D eigenvalue weighted by Crippen LogP contribution is -2.35. The van der Waals surface area contributed by atoms with E-state index in [2.05, 4.69) is 0 Å². The maximum Gasteiger partial charge on any atom is 0.254 e. The van der Waals surface area contributed by atoms with Gasteiger partial charge in [0, 0.05) is 27.6 Å². The monoisotopic (exact) mass is 456 g/mol. The van der Waals surface area contributed by atoms with E-state index in [0.717, 1.165) is 10.4 Å². The summed E-state index contributed by atoms with van der Waals surface area (Å²) in [4.78, 5) is 28.8. The molecule has 6 nitrogen and oxygen atoms in total. The number of anilines is 1. The van der Waals surface area contributed by atoms with E-state index >= 15 is 0 Å². The van der Waals surface area contributed by atoms with Crippen LogP contribution in [0.2, 0.25) is 5.02 Å². The number of nitrogens with zero attached hydrogens (tertiary/aromatic N) is 1. The van der Waals surface area contributed by atoms with Gasteiger partial charge in [-0.05, 0) is 54.4 Å². The van der Waals surface area contributed by atoms with Crippen LogP contribution in [0.1, 0.15) is 36.7 Å². The van der Waals surface area contributed by atoms with E-state index in [-0.39, 0.29) is 11.7 Å². The van der Waals surface area contributed by atoms with E-state index < -0.39 is 0 Å². The second kappa shape index (κ2) is 8.61. The van der Waals surface area contributed by atoms with Crippen LogP contribution >= 0.6 is 22.9 Å². The number of thiophene rings is 1. The van der Waals surface area contributed by atoms with Crippen LogP contribution in [0.15, 0.2) is 42.5 Å². The summed E-state index contributed by atoms with van der Waals surface area (Å²) in [6.45, 7) is 0.932. The first kappa shape index (κ1) is 21.2. The minimum Gasteiger partial charge on any atom is -0.493 e. The van der Waals surface area contributed by atoms with Crippen molar-refractivity contribution in [3.05, 3.63) is 74.6 Å². The number of ether oxygens (including phenoxy) is 2. The summed E-state index contributed by atoms with van der Waals surface area (Å²) in [5.74, 6) is 0.807. The number of amides is 1. The number of nitrogens with two attached hydrogens (primary N) is 1.